The van der Waals surface area contributed by atoms with Crippen LogP contribution in [0.3, 0.4) is 0 Å². The molecule has 2 aliphatic rings. The number of hydrogen-bond acceptors (Lipinski definition) is 7. The van der Waals surface area contributed by atoms with Crippen molar-refractivity contribution in [2.24, 2.45) is 5.92 Å². The Hall–Kier alpha value is -2.87. The van der Waals surface area contributed by atoms with Crippen LogP contribution >= 0.6 is 0 Å². The van der Waals surface area contributed by atoms with Gasteiger partial charge in [-0.2, -0.15) is 5.10 Å². The van der Waals surface area contributed by atoms with Crippen LogP contribution in [-0.2, 0) is 11.2 Å². The van der Waals surface area contributed by atoms with Crippen LogP contribution in [0.1, 0.15) is 84.8 Å². The quantitative estimate of drug-likeness (QED) is 0.406. The number of hydrogen-bond donors (Lipinski definition) is 1. The van der Waals surface area contributed by atoms with Crippen LogP contribution in [0.4, 0.5) is 4.79 Å². The predicted octanol–water partition coefficient (Wildman–Crippen LogP) is 6.19. The lowest BCUT2D eigenvalue weighted by atomic mass is 9.96. The normalized spacial score (nSPS) is 20.5. The number of aryl methyl sites for hydroxylation is 1. The molecule has 2 heterocycles. The zero-order valence-electron chi connectivity index (χ0n) is 24.0. The van der Waals surface area contributed by atoms with Crippen LogP contribution in [-0.4, -0.2) is 63.8 Å². The number of likely N-dealkylation sites (tertiary alicyclic amines) is 1. The topological polar surface area (TPSA) is 94.0 Å². The Kier molecular flexibility index (Phi) is 10.1. The summed E-state index contributed by atoms with van der Waals surface area (Å²) in [7, 11) is 0. The van der Waals surface area contributed by atoms with E-state index in [0.717, 1.165) is 54.7 Å². The number of aliphatic hydroxyl groups is 1. The van der Waals surface area contributed by atoms with Crippen molar-refractivity contribution in [3.8, 4) is 22.8 Å². The van der Waals surface area contributed by atoms with Crippen molar-refractivity contribution >= 4 is 6.09 Å². The third kappa shape index (κ3) is 8.56. The molecule has 1 amide bonds. The second-order valence-electron chi connectivity index (χ2n) is 11.9. The molecule has 2 atom stereocenters. The smallest absolute Gasteiger partial charge is 0.410 e. The minimum absolute atomic E-state index is 0.233. The number of benzene rings is 1. The zero-order chi connectivity index (χ0) is 27.8. The Labute approximate surface area is 233 Å². The molecule has 2 fully saturated rings. The number of piperidine rings is 1. The van der Waals surface area contributed by atoms with E-state index < -0.39 is 11.7 Å². The first kappa shape index (κ1) is 29.1. The molecule has 39 heavy (non-hydrogen) atoms. The number of unbranched alkanes of at least 4 members (excludes halogenated alkanes) is 1. The van der Waals surface area contributed by atoms with Crippen molar-refractivity contribution in [2.45, 2.75) is 103 Å². The molecule has 1 aliphatic carbocycles. The molecule has 1 aliphatic heterocycles. The van der Waals surface area contributed by atoms with Gasteiger partial charge in [-0.25, -0.2) is 4.79 Å². The van der Waals surface area contributed by atoms with E-state index in [0.29, 0.717) is 31.5 Å². The highest BCUT2D eigenvalue weighted by Gasteiger charge is 2.33. The van der Waals surface area contributed by atoms with Gasteiger partial charge in [0.2, 0.25) is 5.88 Å². The van der Waals surface area contributed by atoms with Gasteiger partial charge >= 0.3 is 6.09 Å². The number of ether oxygens (including phenoxy) is 3. The van der Waals surface area contributed by atoms with Crippen molar-refractivity contribution in [1.29, 1.82) is 0 Å². The summed E-state index contributed by atoms with van der Waals surface area (Å²) in [5.74, 6) is 1.07. The van der Waals surface area contributed by atoms with Gasteiger partial charge in [0.25, 0.3) is 0 Å². The highest BCUT2D eigenvalue weighted by Crippen LogP contribution is 2.30. The summed E-state index contributed by atoms with van der Waals surface area (Å²) >= 11 is 0. The summed E-state index contributed by atoms with van der Waals surface area (Å²) in [6.07, 6.45) is 8.86. The number of carbonyl (C=O) groups excluding carboxylic acids is 1. The third-order valence-electron chi connectivity index (χ3n) is 7.43. The zero-order valence-corrected chi connectivity index (χ0v) is 24.0. The average Bonchev–Trinajstić information content (AvgIpc) is 2.92. The van der Waals surface area contributed by atoms with E-state index in [2.05, 4.69) is 29.3 Å². The minimum Gasteiger partial charge on any atom is -0.490 e. The monoisotopic (exact) mass is 539 g/mol. The van der Waals surface area contributed by atoms with E-state index in [-0.39, 0.29) is 18.6 Å². The Bertz CT molecular complexity index is 1060. The summed E-state index contributed by atoms with van der Waals surface area (Å²) < 4.78 is 17.8. The van der Waals surface area contributed by atoms with Crippen molar-refractivity contribution < 1.29 is 24.1 Å². The molecule has 1 aromatic heterocycles. The largest absolute Gasteiger partial charge is 0.490 e. The average molecular weight is 540 g/mol. The second-order valence-corrected chi connectivity index (χ2v) is 11.9. The van der Waals surface area contributed by atoms with Crippen molar-refractivity contribution in [3.05, 3.63) is 36.0 Å². The highest BCUT2D eigenvalue weighted by atomic mass is 16.6. The predicted molar refractivity (Wildman–Crippen MR) is 151 cm³/mol. The van der Waals surface area contributed by atoms with Crippen molar-refractivity contribution in [1.82, 2.24) is 15.1 Å². The van der Waals surface area contributed by atoms with E-state index in [9.17, 15) is 9.90 Å². The van der Waals surface area contributed by atoms with Crippen LogP contribution in [0.15, 0.2) is 30.3 Å². The first-order chi connectivity index (χ1) is 18.7. The minimum atomic E-state index is -0.565. The lowest BCUT2D eigenvalue weighted by Gasteiger charge is -2.36. The van der Waals surface area contributed by atoms with Gasteiger partial charge in [0, 0.05) is 30.6 Å². The van der Waals surface area contributed by atoms with E-state index >= 15 is 0 Å². The maximum Gasteiger partial charge on any atom is 0.410 e. The SMILES string of the molecule is CCCCc1nnc(OCC2CN(C(=O)OC(C)(C)C)CCC2O)cc1-c1ccc(OC2CCCCC2)cc1. The van der Waals surface area contributed by atoms with Crippen LogP contribution in [0, 0.1) is 5.92 Å². The molecule has 2 unspecified atom stereocenters. The van der Waals surface area contributed by atoms with Crippen molar-refractivity contribution in [3.63, 3.8) is 0 Å². The first-order valence-electron chi connectivity index (χ1n) is 14.6. The van der Waals surface area contributed by atoms with Gasteiger partial charge in [0.1, 0.15) is 11.4 Å². The van der Waals surface area contributed by atoms with Crippen LogP contribution in [0.5, 0.6) is 11.6 Å². The molecule has 2 aromatic rings. The number of rotatable bonds is 9. The fraction of sp³-hybridized carbons (Fsp3) is 0.645. The second kappa shape index (κ2) is 13.5. The molecule has 1 N–H and O–H groups in total. The summed E-state index contributed by atoms with van der Waals surface area (Å²) in [6, 6.07) is 10.2. The van der Waals surface area contributed by atoms with Gasteiger partial charge in [0.15, 0.2) is 0 Å². The first-order valence-corrected chi connectivity index (χ1v) is 14.6. The molecular formula is C31H45N3O5. The molecular weight excluding hydrogens is 494 g/mol. The van der Waals surface area contributed by atoms with Gasteiger partial charge < -0.3 is 24.2 Å². The lowest BCUT2D eigenvalue weighted by Crippen LogP contribution is -2.49. The summed E-state index contributed by atoms with van der Waals surface area (Å²) in [5.41, 5.74) is 2.42. The van der Waals surface area contributed by atoms with Gasteiger partial charge in [0.05, 0.1) is 24.5 Å². The molecule has 8 nitrogen and oxygen atoms in total. The Morgan fingerprint density at radius 3 is 2.51 bits per heavy atom. The maximum atomic E-state index is 12.6. The summed E-state index contributed by atoms with van der Waals surface area (Å²) in [5, 5.41) is 19.5. The van der Waals surface area contributed by atoms with Crippen molar-refractivity contribution in [2.75, 3.05) is 19.7 Å². The Balaban J connectivity index is 1.44. The standard InChI is InChI=1S/C31H45N3O5/c1-5-6-12-27-26(22-13-15-25(16-14-22)38-24-10-8-7-9-11-24)19-29(33-32-27)37-21-23-20-34(18-17-28(23)35)30(36)39-31(2,3)4/h13-16,19,23-24,28,35H,5-12,17-18,20-21H2,1-4H3. The fourth-order valence-electron chi connectivity index (χ4n) is 5.21. The van der Waals surface area contributed by atoms with Gasteiger partial charge in [-0.15, -0.1) is 5.10 Å². The molecule has 1 aromatic carbocycles. The summed E-state index contributed by atoms with van der Waals surface area (Å²) in [4.78, 5) is 14.2. The number of nitrogens with zero attached hydrogens (tertiary/aromatic N) is 3. The van der Waals surface area contributed by atoms with Gasteiger partial charge in [-0.05, 0) is 83.4 Å². The number of carbonyl (C=O) groups is 1. The number of amides is 1. The Morgan fingerprint density at radius 1 is 1.08 bits per heavy atom. The molecule has 214 valence electrons. The number of aliphatic hydroxyl groups excluding tert-OH is 1. The molecule has 0 bridgehead atoms. The van der Waals surface area contributed by atoms with Crippen LogP contribution in [0.25, 0.3) is 11.1 Å². The lowest BCUT2D eigenvalue weighted by molar-refractivity contribution is -0.0181. The highest BCUT2D eigenvalue weighted by molar-refractivity contribution is 5.68. The molecule has 1 saturated carbocycles. The number of aromatic nitrogens is 2. The fourth-order valence-corrected chi connectivity index (χ4v) is 5.21. The summed E-state index contributed by atoms with van der Waals surface area (Å²) in [6.45, 7) is 8.78. The van der Waals surface area contributed by atoms with Crippen LogP contribution in [0.2, 0.25) is 0 Å². The van der Waals surface area contributed by atoms with Gasteiger partial charge in [-0.1, -0.05) is 31.9 Å². The maximum absolute atomic E-state index is 12.6. The third-order valence-corrected chi connectivity index (χ3v) is 7.43. The van der Waals surface area contributed by atoms with E-state index in [1.165, 1.54) is 19.3 Å². The molecule has 1 saturated heterocycles. The van der Waals surface area contributed by atoms with E-state index in [1.807, 2.05) is 39.0 Å². The molecule has 8 heteroatoms. The molecule has 0 spiro atoms. The molecule has 4 rings (SSSR count). The van der Waals surface area contributed by atoms with Crippen LogP contribution < -0.4 is 9.47 Å². The van der Waals surface area contributed by atoms with Gasteiger partial charge in [-0.3, -0.25) is 0 Å². The Morgan fingerprint density at radius 2 is 1.82 bits per heavy atom. The van der Waals surface area contributed by atoms with E-state index in [4.69, 9.17) is 14.2 Å². The van der Waals surface area contributed by atoms with E-state index in [1.54, 1.807) is 4.90 Å². The molecule has 0 radical (unpaired) electrons.